The van der Waals surface area contributed by atoms with Crippen molar-refractivity contribution in [1.82, 2.24) is 0 Å². The number of benzene rings is 1. The highest BCUT2D eigenvalue weighted by atomic mass is 19.4. The van der Waals surface area contributed by atoms with Crippen molar-refractivity contribution in [2.75, 3.05) is 0 Å². The van der Waals surface area contributed by atoms with E-state index < -0.39 is 93.2 Å². The van der Waals surface area contributed by atoms with Crippen LogP contribution in [0.25, 0.3) is 0 Å². The number of Topliss-reactive ketones (excluding diaryl/α,β-unsaturated/α-hetero) is 1. The molecule has 5 nitrogen and oxygen atoms in total. The summed E-state index contributed by atoms with van der Waals surface area (Å²) in [5.74, 6) is -17.0. The molecule has 192 valence electrons. The van der Waals surface area contributed by atoms with Crippen molar-refractivity contribution in [2.45, 2.75) is 58.7 Å². The van der Waals surface area contributed by atoms with Crippen LogP contribution in [0.15, 0.2) is 0 Å². The van der Waals surface area contributed by atoms with E-state index in [2.05, 4.69) is 4.74 Å². The van der Waals surface area contributed by atoms with Gasteiger partial charge in [-0.3, -0.25) is 14.4 Å². The number of carbonyl (C=O) groups excluding carboxylic acids is 3. The van der Waals surface area contributed by atoms with Crippen molar-refractivity contribution in [1.29, 1.82) is 0 Å². The second-order valence-corrected chi connectivity index (χ2v) is 10.0. The van der Waals surface area contributed by atoms with Crippen LogP contribution in [-0.4, -0.2) is 23.8 Å². The van der Waals surface area contributed by atoms with Gasteiger partial charge >= 0.3 is 18.1 Å². The third-order valence-electron chi connectivity index (χ3n) is 7.84. The minimum Gasteiger partial charge on any atom is -0.461 e. The second-order valence-electron chi connectivity index (χ2n) is 10.0. The zero-order valence-corrected chi connectivity index (χ0v) is 18.8. The first-order chi connectivity index (χ1) is 16.1. The highest BCUT2D eigenvalue weighted by Gasteiger charge is 2.73. The van der Waals surface area contributed by atoms with E-state index in [-0.39, 0.29) is 19.3 Å². The largest absolute Gasteiger partial charge is 0.461 e. The molecule has 0 radical (unpaired) electrons. The summed E-state index contributed by atoms with van der Waals surface area (Å²) in [4.78, 5) is 38.4. The van der Waals surface area contributed by atoms with Crippen LogP contribution >= 0.6 is 0 Å². The number of alkyl halides is 3. The van der Waals surface area contributed by atoms with E-state index in [0.29, 0.717) is 6.42 Å². The molecule has 1 aromatic rings. The lowest BCUT2D eigenvalue weighted by atomic mass is 9.73. The smallest absolute Gasteiger partial charge is 0.422 e. The van der Waals surface area contributed by atoms with Crippen molar-refractivity contribution in [3.63, 3.8) is 0 Å². The summed E-state index contributed by atoms with van der Waals surface area (Å²) < 4.78 is 105. The van der Waals surface area contributed by atoms with Crippen LogP contribution in [0.4, 0.5) is 30.7 Å². The van der Waals surface area contributed by atoms with Gasteiger partial charge in [0.15, 0.2) is 17.4 Å². The number of ketones is 1. The molecule has 0 N–H and O–H groups in total. The SMILES string of the molecule is CCC(C)(C)C(=O)OC1C2CC3C1CC(=O)C3(C(=O)Oc1c(F)c(F)c(C(F)(F)F)c(F)c1F)C2. The molecular formula is C23H21F7O5. The Labute approximate surface area is 194 Å². The van der Waals surface area contributed by atoms with Crippen LogP contribution in [-0.2, 0) is 25.3 Å². The number of hydrogen-bond acceptors (Lipinski definition) is 5. The topological polar surface area (TPSA) is 69.7 Å². The monoisotopic (exact) mass is 510 g/mol. The van der Waals surface area contributed by atoms with Gasteiger partial charge in [0.05, 0.1) is 5.41 Å². The zero-order valence-electron chi connectivity index (χ0n) is 18.8. The molecule has 3 saturated carbocycles. The van der Waals surface area contributed by atoms with Crippen LogP contribution < -0.4 is 4.74 Å². The Balaban J connectivity index is 1.62. The molecule has 3 fully saturated rings. The van der Waals surface area contributed by atoms with Gasteiger partial charge in [0.2, 0.25) is 17.4 Å². The molecule has 0 amide bonds. The molecule has 12 heteroatoms. The van der Waals surface area contributed by atoms with E-state index in [1.807, 2.05) is 0 Å². The summed E-state index contributed by atoms with van der Waals surface area (Å²) in [6, 6.07) is 0. The number of esters is 2. The molecule has 0 aliphatic heterocycles. The lowest BCUT2D eigenvalue weighted by Crippen LogP contribution is -2.45. The van der Waals surface area contributed by atoms with Crippen molar-refractivity contribution in [3.8, 4) is 5.75 Å². The van der Waals surface area contributed by atoms with Gasteiger partial charge in [-0.25, -0.2) is 8.78 Å². The van der Waals surface area contributed by atoms with Gasteiger partial charge in [-0.2, -0.15) is 22.0 Å². The van der Waals surface area contributed by atoms with Gasteiger partial charge in [-0.05, 0) is 44.9 Å². The van der Waals surface area contributed by atoms with Crippen LogP contribution in [0.2, 0.25) is 0 Å². The maximum absolute atomic E-state index is 14.3. The van der Waals surface area contributed by atoms with Crippen molar-refractivity contribution in [3.05, 3.63) is 28.8 Å². The van der Waals surface area contributed by atoms with E-state index in [1.54, 1.807) is 20.8 Å². The molecule has 5 unspecified atom stereocenters. The predicted octanol–water partition coefficient (Wildman–Crippen LogP) is 5.13. The van der Waals surface area contributed by atoms with Crippen molar-refractivity contribution in [2.24, 2.45) is 28.6 Å². The summed E-state index contributed by atoms with van der Waals surface area (Å²) in [6.07, 6.45) is -6.05. The normalized spacial score (nSPS) is 29.6. The zero-order chi connectivity index (χ0) is 26.2. The second kappa shape index (κ2) is 7.92. The highest BCUT2D eigenvalue weighted by molar-refractivity contribution is 6.07. The molecule has 35 heavy (non-hydrogen) atoms. The standard InChI is InChI=1S/C23H21F7O5/c1-4-21(2,3)19(32)34-17-8-5-10-9(17)6-11(31)22(10,7-8)20(33)35-18-15(26)13(24)12(23(28,29)30)14(25)16(18)27/h8-10,17H,4-7H2,1-3H3. The van der Waals surface area contributed by atoms with E-state index in [9.17, 15) is 45.1 Å². The number of ether oxygens (including phenoxy) is 2. The molecular weight excluding hydrogens is 489 g/mol. The lowest BCUT2D eigenvalue weighted by Gasteiger charge is -2.35. The maximum Gasteiger partial charge on any atom is 0.422 e. The number of halogens is 7. The molecule has 0 saturated heterocycles. The predicted molar refractivity (Wildman–Crippen MR) is 103 cm³/mol. The first-order valence-electron chi connectivity index (χ1n) is 11.0. The van der Waals surface area contributed by atoms with Crippen molar-refractivity contribution < 1.29 is 54.6 Å². The molecule has 0 spiro atoms. The van der Waals surface area contributed by atoms with Gasteiger partial charge < -0.3 is 9.47 Å². The third kappa shape index (κ3) is 3.54. The Kier molecular flexibility index (Phi) is 5.76. The fraction of sp³-hybridized carbons (Fsp3) is 0.609. The molecule has 4 rings (SSSR count). The Bertz CT molecular complexity index is 1100. The van der Waals surface area contributed by atoms with Crippen LogP contribution in [0.1, 0.15) is 52.0 Å². The fourth-order valence-corrected chi connectivity index (χ4v) is 5.61. The summed E-state index contributed by atoms with van der Waals surface area (Å²) >= 11 is 0. The van der Waals surface area contributed by atoms with Gasteiger partial charge in [-0.1, -0.05) is 6.92 Å². The summed E-state index contributed by atoms with van der Waals surface area (Å²) in [7, 11) is 0. The third-order valence-corrected chi connectivity index (χ3v) is 7.84. The molecule has 3 aliphatic carbocycles. The molecule has 5 atom stereocenters. The Morgan fingerprint density at radius 3 is 2.11 bits per heavy atom. The van der Waals surface area contributed by atoms with Gasteiger partial charge in [-0.15, -0.1) is 0 Å². The number of fused-ring (bicyclic) bond motifs is 1. The van der Waals surface area contributed by atoms with E-state index in [1.165, 1.54) is 0 Å². The summed E-state index contributed by atoms with van der Waals surface area (Å²) in [6.45, 7) is 5.18. The minimum atomic E-state index is -5.75. The molecule has 0 heterocycles. The van der Waals surface area contributed by atoms with Gasteiger partial charge in [0.1, 0.15) is 17.1 Å². The maximum atomic E-state index is 14.3. The quantitative estimate of drug-likeness (QED) is 0.181. The first kappa shape index (κ1) is 25.4. The van der Waals surface area contributed by atoms with E-state index in [4.69, 9.17) is 4.74 Å². The Morgan fingerprint density at radius 1 is 1.03 bits per heavy atom. The Morgan fingerprint density at radius 2 is 1.60 bits per heavy atom. The number of hydrogen-bond donors (Lipinski definition) is 0. The Hall–Kier alpha value is -2.66. The molecule has 2 bridgehead atoms. The fourth-order valence-electron chi connectivity index (χ4n) is 5.61. The molecule has 1 aromatic carbocycles. The van der Waals surface area contributed by atoms with Crippen LogP contribution in [0.5, 0.6) is 5.75 Å². The first-order valence-corrected chi connectivity index (χ1v) is 11.0. The average molecular weight is 510 g/mol. The van der Waals surface area contributed by atoms with Gasteiger partial charge in [0.25, 0.3) is 0 Å². The number of carbonyl (C=O) groups is 3. The molecule has 0 aromatic heterocycles. The van der Waals surface area contributed by atoms with E-state index in [0.717, 1.165) is 0 Å². The van der Waals surface area contributed by atoms with E-state index >= 15 is 0 Å². The summed E-state index contributed by atoms with van der Waals surface area (Å²) in [5.41, 5.74) is -5.48. The molecule has 3 aliphatic rings. The average Bonchev–Trinajstić information content (AvgIpc) is 3.37. The van der Waals surface area contributed by atoms with Crippen LogP contribution in [0, 0.1) is 51.9 Å². The summed E-state index contributed by atoms with van der Waals surface area (Å²) in [5, 5.41) is 0. The number of rotatable bonds is 5. The lowest BCUT2D eigenvalue weighted by molar-refractivity contribution is -0.167. The van der Waals surface area contributed by atoms with Crippen LogP contribution in [0.3, 0.4) is 0 Å². The van der Waals surface area contributed by atoms with Gasteiger partial charge in [0, 0.05) is 12.3 Å². The van der Waals surface area contributed by atoms with Crippen molar-refractivity contribution >= 4 is 17.7 Å². The minimum absolute atomic E-state index is 0.189. The highest BCUT2D eigenvalue weighted by Crippen LogP contribution is 2.66.